The minimum atomic E-state index is -0.629. The van der Waals surface area contributed by atoms with E-state index in [2.05, 4.69) is 5.32 Å². The van der Waals surface area contributed by atoms with Crippen LogP contribution in [0.2, 0.25) is 0 Å². The molecule has 6 heteroatoms. The van der Waals surface area contributed by atoms with Gasteiger partial charge in [-0.15, -0.1) is 0 Å². The van der Waals surface area contributed by atoms with Crippen molar-refractivity contribution in [2.24, 2.45) is 0 Å². The van der Waals surface area contributed by atoms with Crippen molar-refractivity contribution in [2.75, 3.05) is 5.32 Å². The second-order valence-electron chi connectivity index (χ2n) is 6.36. The number of hydroxylamine groups is 1. The number of anilines is 1. The summed E-state index contributed by atoms with van der Waals surface area (Å²) in [5, 5.41) is 11.4. The minimum Gasteiger partial charge on any atom is -0.322 e. The Bertz CT molecular complexity index is 1070. The van der Waals surface area contributed by atoms with Crippen molar-refractivity contribution in [2.45, 2.75) is 0 Å². The van der Waals surface area contributed by atoms with Crippen LogP contribution in [0.5, 0.6) is 0 Å². The van der Waals surface area contributed by atoms with E-state index in [1.807, 2.05) is 18.2 Å². The van der Waals surface area contributed by atoms with E-state index in [0.717, 1.165) is 11.1 Å². The Morgan fingerprint density at radius 3 is 2.10 bits per heavy atom. The summed E-state index contributed by atoms with van der Waals surface area (Å²) in [7, 11) is 0. The van der Waals surface area contributed by atoms with Gasteiger partial charge in [0.1, 0.15) is 5.82 Å². The van der Waals surface area contributed by atoms with E-state index in [9.17, 15) is 14.0 Å². The number of halogens is 1. The second-order valence-corrected chi connectivity index (χ2v) is 6.36. The zero-order valence-corrected chi connectivity index (χ0v) is 15.9. The van der Waals surface area contributed by atoms with Crippen molar-refractivity contribution in [3.8, 4) is 0 Å². The summed E-state index contributed by atoms with van der Waals surface area (Å²) in [5.74, 6) is -1.34. The summed E-state index contributed by atoms with van der Waals surface area (Å²) in [5.41, 5.74) is 4.62. The van der Waals surface area contributed by atoms with Crippen LogP contribution in [0.25, 0.3) is 17.7 Å². The first-order valence-corrected chi connectivity index (χ1v) is 9.11. The second kappa shape index (κ2) is 9.95. The molecule has 0 aliphatic rings. The van der Waals surface area contributed by atoms with Gasteiger partial charge in [0.15, 0.2) is 0 Å². The molecule has 0 saturated carbocycles. The Morgan fingerprint density at radius 2 is 1.47 bits per heavy atom. The molecule has 150 valence electrons. The monoisotopic (exact) mass is 402 g/mol. The van der Waals surface area contributed by atoms with Gasteiger partial charge in [0.05, 0.1) is 0 Å². The number of hydrogen-bond donors (Lipinski definition) is 3. The van der Waals surface area contributed by atoms with E-state index in [1.54, 1.807) is 60.7 Å². The lowest BCUT2D eigenvalue weighted by molar-refractivity contribution is -0.124. The molecule has 3 N–H and O–H groups in total. The lowest BCUT2D eigenvalue weighted by Gasteiger charge is -2.10. The van der Waals surface area contributed by atoms with Crippen LogP contribution in [0.4, 0.5) is 10.1 Å². The highest BCUT2D eigenvalue weighted by atomic mass is 19.1. The van der Waals surface area contributed by atoms with Crippen LogP contribution in [0.15, 0.2) is 84.9 Å². The van der Waals surface area contributed by atoms with Crippen molar-refractivity contribution in [1.82, 2.24) is 5.48 Å². The van der Waals surface area contributed by atoms with Crippen molar-refractivity contribution < 1.29 is 19.2 Å². The Morgan fingerprint density at radius 1 is 0.833 bits per heavy atom. The number of rotatable bonds is 6. The third kappa shape index (κ3) is 5.73. The fraction of sp³-hybridized carbons (Fsp3) is 0. The largest absolute Gasteiger partial charge is 0.322 e. The molecule has 0 bridgehead atoms. The van der Waals surface area contributed by atoms with Crippen LogP contribution in [0, 0.1) is 5.82 Å². The molecule has 0 aromatic heterocycles. The molecule has 0 aliphatic carbocycles. The molecule has 2 amide bonds. The Balaban J connectivity index is 1.90. The fourth-order valence-electron chi connectivity index (χ4n) is 2.71. The Labute approximate surface area is 173 Å². The van der Waals surface area contributed by atoms with Gasteiger partial charge in [0.2, 0.25) is 0 Å². The van der Waals surface area contributed by atoms with Gasteiger partial charge in [-0.25, -0.2) is 9.87 Å². The third-order valence-corrected chi connectivity index (χ3v) is 4.22. The van der Waals surface area contributed by atoms with E-state index in [-0.39, 0.29) is 11.7 Å². The van der Waals surface area contributed by atoms with Crippen molar-refractivity contribution in [3.63, 3.8) is 0 Å². The molecule has 0 fully saturated rings. The number of benzene rings is 3. The van der Waals surface area contributed by atoms with Gasteiger partial charge in [-0.1, -0.05) is 54.6 Å². The highest BCUT2D eigenvalue weighted by Gasteiger charge is 2.13. The average Bonchev–Trinajstić information content (AvgIpc) is 2.78. The lowest BCUT2D eigenvalue weighted by atomic mass is 10.0. The maximum absolute atomic E-state index is 13.4. The predicted octanol–water partition coefficient (Wildman–Crippen LogP) is 4.52. The average molecular weight is 402 g/mol. The van der Waals surface area contributed by atoms with E-state index < -0.39 is 5.91 Å². The minimum absolute atomic E-state index is 0.323. The van der Waals surface area contributed by atoms with Crippen LogP contribution >= 0.6 is 0 Å². The SMILES string of the molecule is O=C(/C=C/c1ccc(/C=C(\C(=O)Nc2ccccc2)c2ccc(F)cc2)cc1)NO. The third-order valence-electron chi connectivity index (χ3n) is 4.22. The number of carbonyl (C=O) groups excluding carboxylic acids is 2. The molecule has 0 heterocycles. The molecule has 0 spiro atoms. The molecule has 3 aromatic carbocycles. The van der Waals surface area contributed by atoms with E-state index in [4.69, 9.17) is 5.21 Å². The van der Waals surface area contributed by atoms with Gasteiger partial charge in [-0.3, -0.25) is 14.8 Å². The lowest BCUT2D eigenvalue weighted by Crippen LogP contribution is -2.14. The maximum Gasteiger partial charge on any atom is 0.267 e. The number of amides is 2. The van der Waals surface area contributed by atoms with E-state index >= 15 is 0 Å². The van der Waals surface area contributed by atoms with Crippen molar-refractivity contribution >= 4 is 35.2 Å². The Hall–Kier alpha value is -4.03. The number of nitrogens with one attached hydrogen (secondary N) is 2. The topological polar surface area (TPSA) is 78.4 Å². The summed E-state index contributed by atoms with van der Waals surface area (Å²) in [6, 6.07) is 21.9. The van der Waals surface area contributed by atoms with Crippen LogP contribution in [-0.2, 0) is 9.59 Å². The molecule has 5 nitrogen and oxygen atoms in total. The first-order valence-electron chi connectivity index (χ1n) is 9.11. The van der Waals surface area contributed by atoms with Crippen LogP contribution in [0.3, 0.4) is 0 Å². The molecule has 0 radical (unpaired) electrons. The van der Waals surface area contributed by atoms with Crippen LogP contribution in [0.1, 0.15) is 16.7 Å². The number of para-hydroxylation sites is 1. The highest BCUT2D eigenvalue weighted by molar-refractivity contribution is 6.29. The first kappa shape index (κ1) is 20.7. The Kier molecular flexibility index (Phi) is 6.87. The molecule has 30 heavy (non-hydrogen) atoms. The van der Waals surface area contributed by atoms with Crippen LogP contribution in [-0.4, -0.2) is 17.0 Å². The molecule has 0 atom stereocenters. The molecule has 3 aromatic rings. The zero-order chi connectivity index (χ0) is 21.3. The van der Waals surface area contributed by atoms with E-state index in [1.165, 1.54) is 23.7 Å². The molecular weight excluding hydrogens is 383 g/mol. The molecular formula is C24H19FN2O3. The van der Waals surface area contributed by atoms with Crippen LogP contribution < -0.4 is 10.8 Å². The highest BCUT2D eigenvalue weighted by Crippen LogP contribution is 2.22. The number of carbonyl (C=O) groups is 2. The van der Waals surface area contributed by atoms with Gasteiger partial charge in [-0.2, -0.15) is 0 Å². The van der Waals surface area contributed by atoms with E-state index in [0.29, 0.717) is 16.8 Å². The maximum atomic E-state index is 13.4. The van der Waals surface area contributed by atoms with Gasteiger partial charge >= 0.3 is 0 Å². The fourth-order valence-corrected chi connectivity index (χ4v) is 2.71. The molecule has 0 aliphatic heterocycles. The quantitative estimate of drug-likeness (QED) is 0.245. The summed E-state index contributed by atoms with van der Waals surface area (Å²) < 4.78 is 13.4. The van der Waals surface area contributed by atoms with Gasteiger partial charge in [-0.05, 0) is 53.1 Å². The summed E-state index contributed by atoms with van der Waals surface area (Å²) in [6.45, 7) is 0. The molecule has 0 unspecified atom stereocenters. The summed E-state index contributed by atoms with van der Waals surface area (Å²) in [4.78, 5) is 24.0. The van der Waals surface area contributed by atoms with Crippen molar-refractivity contribution in [3.05, 3.63) is 107 Å². The zero-order valence-electron chi connectivity index (χ0n) is 15.9. The van der Waals surface area contributed by atoms with Gasteiger partial charge < -0.3 is 5.32 Å². The first-order chi connectivity index (χ1) is 14.5. The van der Waals surface area contributed by atoms with Gasteiger partial charge in [0.25, 0.3) is 11.8 Å². The molecule has 0 saturated heterocycles. The summed E-state index contributed by atoms with van der Waals surface area (Å²) >= 11 is 0. The van der Waals surface area contributed by atoms with Crippen molar-refractivity contribution in [1.29, 1.82) is 0 Å². The summed E-state index contributed by atoms with van der Waals surface area (Å²) in [6.07, 6.45) is 4.45. The molecule has 3 rings (SSSR count). The number of hydrogen-bond acceptors (Lipinski definition) is 3. The standard InChI is InChI=1S/C24H19FN2O3/c25-20-13-11-19(12-14-20)22(24(29)26-21-4-2-1-3-5-21)16-18-8-6-17(7-9-18)10-15-23(28)27-30/h1-16,30H,(H,26,29)(H,27,28)/b15-10+,22-16-. The predicted molar refractivity (Wildman–Crippen MR) is 115 cm³/mol. The normalized spacial score (nSPS) is 11.3. The van der Waals surface area contributed by atoms with Gasteiger partial charge in [0, 0.05) is 17.3 Å². The smallest absolute Gasteiger partial charge is 0.267 e.